The van der Waals surface area contributed by atoms with Crippen molar-refractivity contribution in [3.8, 4) is 11.5 Å². The molecule has 1 aromatic rings. The molecule has 19 heavy (non-hydrogen) atoms. The van der Waals surface area contributed by atoms with Gasteiger partial charge in [-0.2, -0.15) is 0 Å². The smallest absolute Gasteiger partial charge is 0.278 e. The van der Waals surface area contributed by atoms with E-state index in [4.69, 9.17) is 19.7 Å². The highest BCUT2D eigenvalue weighted by molar-refractivity contribution is 5.54. The number of nitro benzene ring substituents is 1. The zero-order valence-electron chi connectivity index (χ0n) is 10.8. The number of hydrogen-bond donors (Lipinski definition) is 2. The number of aliphatic hydroxyl groups excluding tert-OH is 2. The molecule has 0 heterocycles. The first-order valence-electron chi connectivity index (χ1n) is 5.73. The predicted octanol–water partition coefficient (Wildman–Crippen LogP) is 1.10. The minimum atomic E-state index is -0.590. The average Bonchev–Trinajstić information content (AvgIpc) is 2.43. The van der Waals surface area contributed by atoms with E-state index in [0.29, 0.717) is 5.75 Å². The summed E-state index contributed by atoms with van der Waals surface area (Å²) >= 11 is 0. The van der Waals surface area contributed by atoms with Gasteiger partial charge in [0.2, 0.25) is 0 Å². The maximum Gasteiger partial charge on any atom is 0.278 e. The van der Waals surface area contributed by atoms with Crippen LogP contribution in [0, 0.1) is 16.0 Å². The van der Waals surface area contributed by atoms with Crippen LogP contribution in [0.3, 0.4) is 0 Å². The quantitative estimate of drug-likeness (QED) is 0.568. The highest BCUT2D eigenvalue weighted by Gasteiger charge is 2.19. The largest absolute Gasteiger partial charge is 0.493 e. The number of hydrogen-bond acceptors (Lipinski definition) is 6. The number of benzene rings is 1. The standard InChI is InChI=1S/C12H17NO6/c1-8(5-14)7-19-12-4-10(13(16)17)9(6-15)3-11(12)18-2/h3-4,8,14-15H,5-7H2,1-2H3. The Labute approximate surface area is 110 Å². The minimum absolute atomic E-state index is 0.0425. The number of methoxy groups -OCH3 is 1. The number of rotatable bonds is 7. The fourth-order valence-electron chi connectivity index (χ4n) is 1.44. The lowest BCUT2D eigenvalue weighted by Crippen LogP contribution is -2.13. The molecule has 1 aromatic carbocycles. The van der Waals surface area contributed by atoms with Crippen LogP contribution in [0.25, 0.3) is 0 Å². The summed E-state index contributed by atoms with van der Waals surface area (Å²) in [6.07, 6.45) is 0. The molecule has 0 saturated carbocycles. The first-order chi connectivity index (χ1) is 9.03. The first kappa shape index (κ1) is 15.2. The van der Waals surface area contributed by atoms with Crippen LogP contribution in [0.15, 0.2) is 12.1 Å². The molecule has 0 amide bonds. The monoisotopic (exact) mass is 271 g/mol. The Morgan fingerprint density at radius 2 is 2.05 bits per heavy atom. The van der Waals surface area contributed by atoms with Crippen molar-refractivity contribution in [2.45, 2.75) is 13.5 Å². The predicted molar refractivity (Wildman–Crippen MR) is 67.3 cm³/mol. The van der Waals surface area contributed by atoms with E-state index in [1.54, 1.807) is 6.92 Å². The summed E-state index contributed by atoms with van der Waals surface area (Å²) in [6.45, 7) is 1.49. The lowest BCUT2D eigenvalue weighted by molar-refractivity contribution is -0.385. The third-order valence-corrected chi connectivity index (χ3v) is 2.57. The van der Waals surface area contributed by atoms with Gasteiger partial charge in [0.1, 0.15) is 0 Å². The molecule has 1 atom stereocenters. The van der Waals surface area contributed by atoms with Gasteiger partial charge in [-0.3, -0.25) is 10.1 Å². The molecule has 1 unspecified atom stereocenters. The summed E-state index contributed by atoms with van der Waals surface area (Å²) in [5.74, 6) is 0.424. The highest BCUT2D eigenvalue weighted by atomic mass is 16.6. The van der Waals surface area contributed by atoms with Crippen LogP contribution in [0.2, 0.25) is 0 Å². The fraction of sp³-hybridized carbons (Fsp3) is 0.500. The molecule has 7 nitrogen and oxygen atoms in total. The van der Waals surface area contributed by atoms with Crippen molar-refractivity contribution in [2.75, 3.05) is 20.3 Å². The third-order valence-electron chi connectivity index (χ3n) is 2.57. The van der Waals surface area contributed by atoms with Crippen LogP contribution >= 0.6 is 0 Å². The fourth-order valence-corrected chi connectivity index (χ4v) is 1.44. The number of nitrogens with zero attached hydrogens (tertiary/aromatic N) is 1. The van der Waals surface area contributed by atoms with Crippen LogP contribution in [0.5, 0.6) is 11.5 Å². The van der Waals surface area contributed by atoms with E-state index in [9.17, 15) is 10.1 Å². The second-order valence-electron chi connectivity index (χ2n) is 4.15. The lowest BCUT2D eigenvalue weighted by atomic mass is 10.1. The molecule has 0 saturated heterocycles. The van der Waals surface area contributed by atoms with E-state index < -0.39 is 11.5 Å². The van der Waals surface area contributed by atoms with Crippen molar-refractivity contribution in [3.05, 3.63) is 27.8 Å². The molecule has 0 aliphatic carbocycles. The van der Waals surface area contributed by atoms with Gasteiger partial charge in [0.15, 0.2) is 11.5 Å². The highest BCUT2D eigenvalue weighted by Crippen LogP contribution is 2.34. The van der Waals surface area contributed by atoms with Gasteiger partial charge in [0, 0.05) is 12.5 Å². The Morgan fingerprint density at radius 3 is 2.53 bits per heavy atom. The molecule has 0 aliphatic heterocycles. The molecular weight excluding hydrogens is 254 g/mol. The molecule has 0 aliphatic rings. The number of aliphatic hydroxyl groups is 2. The van der Waals surface area contributed by atoms with Gasteiger partial charge in [0.05, 0.1) is 36.9 Å². The summed E-state index contributed by atoms with van der Waals surface area (Å²) in [4.78, 5) is 10.3. The molecule has 7 heteroatoms. The Kier molecular flexibility index (Phi) is 5.53. The summed E-state index contributed by atoms with van der Waals surface area (Å²) in [5.41, 5.74) is -0.0700. The number of ether oxygens (including phenoxy) is 2. The molecule has 1 rings (SSSR count). The summed E-state index contributed by atoms with van der Waals surface area (Å²) in [6, 6.07) is 2.59. The van der Waals surface area contributed by atoms with Crippen molar-refractivity contribution in [3.63, 3.8) is 0 Å². The van der Waals surface area contributed by atoms with E-state index in [0.717, 1.165) is 0 Å². The lowest BCUT2D eigenvalue weighted by Gasteiger charge is -2.14. The summed E-state index contributed by atoms with van der Waals surface area (Å²) < 4.78 is 10.5. The normalized spacial score (nSPS) is 12.0. The summed E-state index contributed by atoms with van der Waals surface area (Å²) in [7, 11) is 1.41. The van der Waals surface area contributed by atoms with Gasteiger partial charge < -0.3 is 19.7 Å². The van der Waals surface area contributed by atoms with Crippen molar-refractivity contribution >= 4 is 5.69 Å². The van der Waals surface area contributed by atoms with Crippen molar-refractivity contribution in [1.29, 1.82) is 0 Å². The second-order valence-corrected chi connectivity index (χ2v) is 4.15. The van der Waals surface area contributed by atoms with E-state index in [-0.39, 0.29) is 36.1 Å². The van der Waals surface area contributed by atoms with Crippen molar-refractivity contribution in [2.24, 2.45) is 5.92 Å². The Balaban J connectivity index is 3.07. The molecule has 0 bridgehead atoms. The molecule has 106 valence electrons. The minimum Gasteiger partial charge on any atom is -0.493 e. The number of nitro groups is 1. The second kappa shape index (κ2) is 6.91. The maximum absolute atomic E-state index is 10.9. The van der Waals surface area contributed by atoms with Crippen LogP contribution in [-0.4, -0.2) is 35.5 Å². The van der Waals surface area contributed by atoms with Crippen LogP contribution in [0.4, 0.5) is 5.69 Å². The third kappa shape index (κ3) is 3.80. The Morgan fingerprint density at radius 1 is 1.37 bits per heavy atom. The molecule has 0 fully saturated rings. The van der Waals surface area contributed by atoms with Crippen molar-refractivity contribution < 1.29 is 24.6 Å². The average molecular weight is 271 g/mol. The van der Waals surface area contributed by atoms with E-state index in [1.807, 2.05) is 0 Å². The van der Waals surface area contributed by atoms with Crippen LogP contribution in [0.1, 0.15) is 12.5 Å². The summed E-state index contributed by atoms with van der Waals surface area (Å²) in [5, 5.41) is 28.9. The van der Waals surface area contributed by atoms with Crippen LogP contribution < -0.4 is 9.47 Å². The molecule has 2 N–H and O–H groups in total. The molecule has 0 aromatic heterocycles. The molecule has 0 radical (unpaired) electrons. The van der Waals surface area contributed by atoms with Crippen molar-refractivity contribution in [1.82, 2.24) is 0 Å². The SMILES string of the molecule is COc1cc(CO)c([N+](=O)[O-])cc1OCC(C)CO. The van der Waals surface area contributed by atoms with Gasteiger partial charge >= 0.3 is 0 Å². The topological polar surface area (TPSA) is 102 Å². The first-order valence-corrected chi connectivity index (χ1v) is 5.73. The maximum atomic E-state index is 10.9. The molecule has 0 spiro atoms. The Bertz CT molecular complexity index is 448. The van der Waals surface area contributed by atoms with Gasteiger partial charge in [-0.05, 0) is 6.07 Å². The van der Waals surface area contributed by atoms with Gasteiger partial charge in [-0.25, -0.2) is 0 Å². The van der Waals surface area contributed by atoms with E-state index in [1.165, 1.54) is 19.2 Å². The van der Waals surface area contributed by atoms with Gasteiger partial charge in [-0.15, -0.1) is 0 Å². The zero-order chi connectivity index (χ0) is 14.4. The molecular formula is C12H17NO6. The van der Waals surface area contributed by atoms with E-state index in [2.05, 4.69) is 0 Å². The van der Waals surface area contributed by atoms with E-state index >= 15 is 0 Å². The van der Waals surface area contributed by atoms with Gasteiger partial charge in [-0.1, -0.05) is 6.92 Å². The van der Waals surface area contributed by atoms with Gasteiger partial charge in [0.25, 0.3) is 5.69 Å². The Hall–Kier alpha value is -1.86. The van der Waals surface area contributed by atoms with Crippen LogP contribution in [-0.2, 0) is 6.61 Å². The zero-order valence-corrected chi connectivity index (χ0v) is 10.8.